The highest BCUT2D eigenvalue weighted by Crippen LogP contribution is 2.22. The average molecular weight is 489 g/mol. The Labute approximate surface area is 181 Å². The van der Waals surface area contributed by atoms with Gasteiger partial charge < -0.3 is 20.5 Å². The van der Waals surface area contributed by atoms with E-state index >= 15 is 0 Å². The van der Waals surface area contributed by atoms with Crippen LogP contribution in [0.2, 0.25) is 0 Å². The minimum atomic E-state index is -0.733. The van der Waals surface area contributed by atoms with E-state index in [4.69, 9.17) is 4.74 Å². The van der Waals surface area contributed by atoms with Crippen LogP contribution < -0.4 is 10.6 Å². The first-order valence-electron chi connectivity index (χ1n) is 9.74. The van der Waals surface area contributed by atoms with E-state index in [1.54, 1.807) is 0 Å². The summed E-state index contributed by atoms with van der Waals surface area (Å²) in [6.45, 7) is 12.0. The van der Waals surface area contributed by atoms with Crippen LogP contribution in [0.5, 0.6) is 0 Å². The lowest BCUT2D eigenvalue weighted by molar-refractivity contribution is -0.0565. The van der Waals surface area contributed by atoms with Crippen LogP contribution in [0, 0.1) is 0 Å². The molecule has 0 saturated carbocycles. The van der Waals surface area contributed by atoms with Gasteiger partial charge in [0.05, 0.1) is 12.1 Å². The second kappa shape index (κ2) is 11.2. The number of aliphatic imine (C=N–C) groups is 1. The molecular formula is C21H36IN3O2. The lowest BCUT2D eigenvalue weighted by atomic mass is 9.86. The van der Waals surface area contributed by atoms with Crippen molar-refractivity contribution in [2.75, 3.05) is 32.8 Å². The number of hydrogen-bond donors (Lipinski definition) is 3. The molecule has 1 aromatic rings. The van der Waals surface area contributed by atoms with E-state index in [9.17, 15) is 5.11 Å². The summed E-state index contributed by atoms with van der Waals surface area (Å²) in [4.78, 5) is 4.58. The Hall–Kier alpha value is -0.860. The molecule has 5 nitrogen and oxygen atoms in total. The quantitative estimate of drug-likeness (QED) is 0.326. The molecule has 27 heavy (non-hydrogen) atoms. The molecule has 0 radical (unpaired) electrons. The molecule has 1 aliphatic rings. The van der Waals surface area contributed by atoms with Crippen molar-refractivity contribution in [2.24, 2.45) is 4.99 Å². The average Bonchev–Trinajstić information content (AvgIpc) is 2.60. The van der Waals surface area contributed by atoms with Crippen molar-refractivity contribution in [1.82, 2.24) is 10.6 Å². The van der Waals surface area contributed by atoms with Crippen molar-refractivity contribution < 1.29 is 9.84 Å². The minimum absolute atomic E-state index is 0. The number of guanidine groups is 1. The van der Waals surface area contributed by atoms with Crippen molar-refractivity contribution in [3.05, 3.63) is 35.4 Å². The van der Waals surface area contributed by atoms with Crippen LogP contribution in [0.4, 0.5) is 0 Å². The van der Waals surface area contributed by atoms with Crippen LogP contribution in [0.15, 0.2) is 29.3 Å². The smallest absolute Gasteiger partial charge is 0.191 e. The highest BCUT2D eigenvalue weighted by molar-refractivity contribution is 14.0. The summed E-state index contributed by atoms with van der Waals surface area (Å²) < 4.78 is 5.32. The van der Waals surface area contributed by atoms with Gasteiger partial charge in [0.1, 0.15) is 0 Å². The predicted octanol–water partition coefficient (Wildman–Crippen LogP) is 3.24. The van der Waals surface area contributed by atoms with Gasteiger partial charge in [0.25, 0.3) is 0 Å². The highest BCUT2D eigenvalue weighted by Gasteiger charge is 2.29. The molecule has 0 spiro atoms. The van der Waals surface area contributed by atoms with Crippen molar-refractivity contribution >= 4 is 29.9 Å². The number of aliphatic hydroxyl groups is 1. The zero-order valence-corrected chi connectivity index (χ0v) is 19.5. The first-order valence-corrected chi connectivity index (χ1v) is 9.74. The summed E-state index contributed by atoms with van der Waals surface area (Å²) in [6, 6.07) is 8.85. The number of ether oxygens (including phenoxy) is 1. The van der Waals surface area contributed by atoms with Crippen LogP contribution >= 0.6 is 24.0 Å². The largest absolute Gasteiger partial charge is 0.388 e. The first kappa shape index (κ1) is 24.2. The first-order chi connectivity index (χ1) is 12.3. The van der Waals surface area contributed by atoms with E-state index in [0.29, 0.717) is 32.6 Å². The molecule has 2 rings (SSSR count). The van der Waals surface area contributed by atoms with E-state index in [0.717, 1.165) is 25.5 Å². The van der Waals surface area contributed by atoms with Gasteiger partial charge in [-0.2, -0.15) is 0 Å². The van der Waals surface area contributed by atoms with Gasteiger partial charge in [-0.3, -0.25) is 4.99 Å². The Kier molecular flexibility index (Phi) is 10.0. The van der Waals surface area contributed by atoms with Gasteiger partial charge in [0.15, 0.2) is 5.96 Å². The lowest BCUT2D eigenvalue weighted by Crippen LogP contribution is -2.43. The maximum absolute atomic E-state index is 10.5. The molecule has 1 fully saturated rings. The summed E-state index contributed by atoms with van der Waals surface area (Å²) in [7, 11) is 0. The number of benzene rings is 1. The minimum Gasteiger partial charge on any atom is -0.388 e. The fourth-order valence-corrected chi connectivity index (χ4v) is 2.97. The van der Waals surface area contributed by atoms with E-state index < -0.39 is 5.60 Å². The normalized spacial score (nSPS) is 17.1. The molecule has 1 aromatic carbocycles. The number of rotatable bonds is 6. The highest BCUT2D eigenvalue weighted by atomic mass is 127. The van der Waals surface area contributed by atoms with E-state index in [-0.39, 0.29) is 29.4 Å². The standard InChI is InChI=1S/C21H35N3O2.HI/c1-5-22-19(24-16-21(25)11-14-26-15-12-21)23-13-10-17-6-8-18(9-7-17)20(2,3)4;/h6-9,25H,5,10-16H2,1-4H3,(H2,22,23,24);1H. The van der Waals surface area contributed by atoms with Crippen LogP contribution in [-0.4, -0.2) is 49.5 Å². The molecular weight excluding hydrogens is 453 g/mol. The molecule has 0 aliphatic carbocycles. The van der Waals surface area contributed by atoms with E-state index in [1.807, 2.05) is 6.92 Å². The van der Waals surface area contributed by atoms with Gasteiger partial charge in [-0.1, -0.05) is 45.0 Å². The van der Waals surface area contributed by atoms with Gasteiger partial charge in [-0.25, -0.2) is 0 Å². The molecule has 0 bridgehead atoms. The van der Waals surface area contributed by atoms with Crippen molar-refractivity contribution in [1.29, 1.82) is 0 Å². The van der Waals surface area contributed by atoms with Crippen molar-refractivity contribution in [3.63, 3.8) is 0 Å². The third-order valence-corrected chi connectivity index (χ3v) is 4.83. The van der Waals surface area contributed by atoms with Crippen LogP contribution in [0.3, 0.4) is 0 Å². The summed E-state index contributed by atoms with van der Waals surface area (Å²) in [5.41, 5.74) is 2.12. The third-order valence-electron chi connectivity index (χ3n) is 4.83. The Morgan fingerprint density at radius 1 is 1.15 bits per heavy atom. The molecule has 1 aliphatic heterocycles. The van der Waals surface area contributed by atoms with E-state index in [2.05, 4.69) is 60.7 Å². The van der Waals surface area contributed by atoms with Crippen molar-refractivity contribution in [2.45, 2.75) is 58.0 Å². The van der Waals surface area contributed by atoms with Gasteiger partial charge in [0, 0.05) is 39.1 Å². The third kappa shape index (κ3) is 8.35. The second-order valence-electron chi connectivity index (χ2n) is 8.16. The molecule has 3 N–H and O–H groups in total. The van der Waals surface area contributed by atoms with Gasteiger partial charge in [-0.15, -0.1) is 24.0 Å². The Balaban J connectivity index is 0.00000364. The Bertz CT molecular complexity index is 576. The van der Waals surface area contributed by atoms with Gasteiger partial charge in [-0.05, 0) is 29.9 Å². The SMILES string of the molecule is CCNC(=NCC1(O)CCOCC1)NCCc1ccc(C(C)(C)C)cc1.I. The Morgan fingerprint density at radius 3 is 2.33 bits per heavy atom. The Morgan fingerprint density at radius 2 is 1.78 bits per heavy atom. The van der Waals surface area contributed by atoms with Crippen LogP contribution in [0.1, 0.15) is 51.7 Å². The fraction of sp³-hybridized carbons (Fsp3) is 0.667. The maximum Gasteiger partial charge on any atom is 0.191 e. The molecule has 154 valence electrons. The lowest BCUT2D eigenvalue weighted by Gasteiger charge is -2.30. The predicted molar refractivity (Wildman–Crippen MR) is 123 cm³/mol. The molecule has 1 heterocycles. The van der Waals surface area contributed by atoms with Crippen LogP contribution in [-0.2, 0) is 16.6 Å². The summed E-state index contributed by atoms with van der Waals surface area (Å²) in [5, 5.41) is 17.2. The zero-order valence-electron chi connectivity index (χ0n) is 17.2. The second-order valence-corrected chi connectivity index (χ2v) is 8.16. The molecule has 1 saturated heterocycles. The fourth-order valence-electron chi connectivity index (χ4n) is 2.97. The molecule has 0 amide bonds. The van der Waals surface area contributed by atoms with Crippen molar-refractivity contribution in [3.8, 4) is 0 Å². The number of nitrogens with one attached hydrogen (secondary N) is 2. The van der Waals surface area contributed by atoms with E-state index in [1.165, 1.54) is 11.1 Å². The summed E-state index contributed by atoms with van der Waals surface area (Å²) in [5.74, 6) is 0.763. The summed E-state index contributed by atoms with van der Waals surface area (Å²) >= 11 is 0. The molecule has 0 unspecified atom stereocenters. The topological polar surface area (TPSA) is 65.9 Å². The monoisotopic (exact) mass is 489 g/mol. The maximum atomic E-state index is 10.5. The zero-order chi connectivity index (χ0) is 19.0. The molecule has 0 aromatic heterocycles. The number of hydrogen-bond acceptors (Lipinski definition) is 3. The number of nitrogens with zero attached hydrogens (tertiary/aromatic N) is 1. The van der Waals surface area contributed by atoms with Gasteiger partial charge in [0.2, 0.25) is 0 Å². The number of halogens is 1. The van der Waals surface area contributed by atoms with Crippen LogP contribution in [0.25, 0.3) is 0 Å². The molecule has 0 atom stereocenters. The van der Waals surface area contributed by atoms with Gasteiger partial charge >= 0.3 is 0 Å². The summed E-state index contributed by atoms with van der Waals surface area (Å²) in [6.07, 6.45) is 2.24. The molecule has 6 heteroatoms.